The molecule has 2 atom stereocenters. The van der Waals surface area contributed by atoms with Gasteiger partial charge in [-0.15, -0.1) is 5.10 Å². The fourth-order valence-corrected chi connectivity index (χ4v) is 3.28. The van der Waals surface area contributed by atoms with E-state index < -0.39 is 0 Å². The second kappa shape index (κ2) is 7.73. The van der Waals surface area contributed by atoms with Gasteiger partial charge >= 0.3 is 0 Å². The van der Waals surface area contributed by atoms with Gasteiger partial charge in [0.1, 0.15) is 12.1 Å². The zero-order valence-corrected chi connectivity index (χ0v) is 15.7. The second-order valence-corrected chi connectivity index (χ2v) is 6.83. The molecule has 1 aromatic carbocycles. The van der Waals surface area contributed by atoms with E-state index in [2.05, 4.69) is 30.7 Å². The molecule has 1 amide bonds. The van der Waals surface area contributed by atoms with Crippen LogP contribution in [0.5, 0.6) is 0 Å². The first kappa shape index (κ1) is 18.1. The Morgan fingerprint density at radius 2 is 2.00 bits per heavy atom. The number of anilines is 2. The Hall–Kier alpha value is -3.33. The Kier molecular flexibility index (Phi) is 4.98. The van der Waals surface area contributed by atoms with E-state index in [1.165, 1.54) is 11.0 Å². The summed E-state index contributed by atoms with van der Waals surface area (Å²) in [7, 11) is 0. The van der Waals surface area contributed by atoms with E-state index >= 15 is 0 Å². The summed E-state index contributed by atoms with van der Waals surface area (Å²) in [5.74, 6) is 0.621. The Morgan fingerprint density at radius 3 is 2.68 bits per heavy atom. The molecule has 0 radical (unpaired) electrons. The molecule has 28 heavy (non-hydrogen) atoms. The zero-order valence-electron chi connectivity index (χ0n) is 15.7. The lowest BCUT2D eigenvalue weighted by Gasteiger charge is -2.36. The molecule has 4 rings (SSSR count). The molecular formula is C19H21N7O2. The van der Waals surface area contributed by atoms with Gasteiger partial charge in [0.2, 0.25) is 0 Å². The SMILES string of the molecule is CC1CN(c2ccc(C(=O)Nc3cccc(-n4cnnn4)c3)cn2)CC(C)O1. The summed E-state index contributed by atoms with van der Waals surface area (Å²) >= 11 is 0. The summed E-state index contributed by atoms with van der Waals surface area (Å²) in [6, 6.07) is 10.9. The number of amides is 1. The number of aromatic nitrogens is 5. The summed E-state index contributed by atoms with van der Waals surface area (Å²) in [6.45, 7) is 5.67. The number of ether oxygens (including phenoxy) is 1. The van der Waals surface area contributed by atoms with Crippen molar-refractivity contribution in [2.24, 2.45) is 0 Å². The van der Waals surface area contributed by atoms with E-state index in [0.29, 0.717) is 11.3 Å². The van der Waals surface area contributed by atoms with Crippen molar-refractivity contribution in [3.05, 3.63) is 54.5 Å². The maximum atomic E-state index is 12.6. The highest BCUT2D eigenvalue weighted by Gasteiger charge is 2.23. The van der Waals surface area contributed by atoms with Crippen LogP contribution in [0.3, 0.4) is 0 Å². The Balaban J connectivity index is 1.45. The number of morpholine rings is 1. The van der Waals surface area contributed by atoms with Crippen LogP contribution in [-0.2, 0) is 4.74 Å². The van der Waals surface area contributed by atoms with Crippen LogP contribution in [-0.4, -0.2) is 56.4 Å². The lowest BCUT2D eigenvalue weighted by atomic mass is 10.2. The van der Waals surface area contributed by atoms with Gasteiger partial charge in [-0.25, -0.2) is 9.67 Å². The van der Waals surface area contributed by atoms with E-state index in [0.717, 1.165) is 24.6 Å². The van der Waals surface area contributed by atoms with Crippen molar-refractivity contribution < 1.29 is 9.53 Å². The molecule has 0 spiro atoms. The number of carbonyl (C=O) groups excluding carboxylic acids is 1. The van der Waals surface area contributed by atoms with Crippen LogP contribution in [0.25, 0.3) is 5.69 Å². The highest BCUT2D eigenvalue weighted by Crippen LogP contribution is 2.19. The van der Waals surface area contributed by atoms with Crippen LogP contribution in [0.4, 0.5) is 11.5 Å². The van der Waals surface area contributed by atoms with E-state index in [9.17, 15) is 4.79 Å². The number of hydrogen-bond donors (Lipinski definition) is 1. The van der Waals surface area contributed by atoms with Crippen molar-refractivity contribution >= 4 is 17.4 Å². The van der Waals surface area contributed by atoms with E-state index in [-0.39, 0.29) is 18.1 Å². The average Bonchev–Trinajstić information content (AvgIpc) is 3.22. The second-order valence-electron chi connectivity index (χ2n) is 6.83. The third-order valence-corrected chi connectivity index (χ3v) is 4.47. The fraction of sp³-hybridized carbons (Fsp3) is 0.316. The van der Waals surface area contributed by atoms with Gasteiger partial charge in [-0.3, -0.25) is 4.79 Å². The summed E-state index contributed by atoms with van der Waals surface area (Å²) in [6.07, 6.45) is 3.40. The van der Waals surface area contributed by atoms with Crippen molar-refractivity contribution in [3.8, 4) is 5.69 Å². The number of tetrazole rings is 1. The van der Waals surface area contributed by atoms with Gasteiger partial charge in [-0.05, 0) is 54.6 Å². The number of pyridine rings is 1. The monoisotopic (exact) mass is 379 g/mol. The Labute approximate surface area is 162 Å². The van der Waals surface area contributed by atoms with E-state index in [1.54, 1.807) is 18.3 Å². The molecule has 3 heterocycles. The van der Waals surface area contributed by atoms with Gasteiger partial charge in [0.15, 0.2) is 0 Å². The third-order valence-electron chi connectivity index (χ3n) is 4.47. The number of nitrogens with zero attached hydrogens (tertiary/aromatic N) is 6. The van der Waals surface area contributed by atoms with Crippen LogP contribution in [0, 0.1) is 0 Å². The van der Waals surface area contributed by atoms with Gasteiger partial charge < -0.3 is 15.0 Å². The van der Waals surface area contributed by atoms with Crippen molar-refractivity contribution in [1.82, 2.24) is 25.2 Å². The first-order valence-electron chi connectivity index (χ1n) is 9.10. The molecule has 9 heteroatoms. The highest BCUT2D eigenvalue weighted by atomic mass is 16.5. The van der Waals surface area contributed by atoms with E-state index in [4.69, 9.17) is 4.74 Å². The molecule has 9 nitrogen and oxygen atoms in total. The van der Waals surface area contributed by atoms with Gasteiger partial charge in [-0.1, -0.05) is 6.07 Å². The molecule has 2 aromatic heterocycles. The van der Waals surface area contributed by atoms with Crippen LogP contribution >= 0.6 is 0 Å². The molecule has 1 aliphatic rings. The topological polar surface area (TPSA) is 98.1 Å². The summed E-state index contributed by atoms with van der Waals surface area (Å²) in [5, 5.41) is 14.0. The van der Waals surface area contributed by atoms with Crippen LogP contribution < -0.4 is 10.2 Å². The molecule has 144 valence electrons. The zero-order chi connectivity index (χ0) is 19.5. The lowest BCUT2D eigenvalue weighted by molar-refractivity contribution is -0.00546. The van der Waals surface area contributed by atoms with Gasteiger partial charge in [-0.2, -0.15) is 0 Å². The normalized spacial score (nSPS) is 19.4. The smallest absolute Gasteiger partial charge is 0.257 e. The maximum absolute atomic E-state index is 12.6. The first-order valence-corrected chi connectivity index (χ1v) is 9.10. The van der Waals surface area contributed by atoms with E-state index in [1.807, 2.05) is 38.1 Å². The van der Waals surface area contributed by atoms with Crippen molar-refractivity contribution in [2.75, 3.05) is 23.3 Å². The molecule has 0 aliphatic carbocycles. The third kappa shape index (κ3) is 3.99. The largest absolute Gasteiger partial charge is 0.372 e. The van der Waals surface area contributed by atoms with Crippen LogP contribution in [0.2, 0.25) is 0 Å². The molecule has 2 unspecified atom stereocenters. The predicted molar refractivity (Wildman–Crippen MR) is 104 cm³/mol. The highest BCUT2D eigenvalue weighted by molar-refractivity contribution is 6.04. The minimum atomic E-state index is -0.225. The molecular weight excluding hydrogens is 358 g/mol. The molecule has 1 fully saturated rings. The molecule has 1 saturated heterocycles. The minimum absolute atomic E-state index is 0.154. The molecule has 1 aliphatic heterocycles. The predicted octanol–water partition coefficient (Wildman–Crippen LogP) is 1.92. The number of benzene rings is 1. The number of nitrogens with one attached hydrogen (secondary N) is 1. The summed E-state index contributed by atoms with van der Waals surface area (Å²) < 4.78 is 7.28. The average molecular weight is 379 g/mol. The number of hydrogen-bond acceptors (Lipinski definition) is 7. The number of rotatable bonds is 4. The van der Waals surface area contributed by atoms with Crippen LogP contribution in [0.15, 0.2) is 48.9 Å². The first-order chi connectivity index (χ1) is 13.6. The van der Waals surface area contributed by atoms with Crippen molar-refractivity contribution in [2.45, 2.75) is 26.1 Å². The van der Waals surface area contributed by atoms with Crippen molar-refractivity contribution in [3.63, 3.8) is 0 Å². The fourth-order valence-electron chi connectivity index (χ4n) is 3.28. The molecule has 0 bridgehead atoms. The quantitative estimate of drug-likeness (QED) is 0.739. The van der Waals surface area contributed by atoms with Gasteiger partial charge in [0.25, 0.3) is 5.91 Å². The van der Waals surface area contributed by atoms with Crippen LogP contribution in [0.1, 0.15) is 24.2 Å². The molecule has 3 aromatic rings. The summed E-state index contributed by atoms with van der Waals surface area (Å²) in [5.41, 5.74) is 1.90. The van der Waals surface area contributed by atoms with Gasteiger partial charge in [0, 0.05) is 25.0 Å². The maximum Gasteiger partial charge on any atom is 0.257 e. The lowest BCUT2D eigenvalue weighted by Crippen LogP contribution is -2.45. The standard InChI is InChI=1S/C19H21N7O2/c1-13-10-25(11-14(2)28-13)18-7-6-15(9-20-18)19(27)22-16-4-3-5-17(8-16)26-12-21-23-24-26/h3-9,12-14H,10-11H2,1-2H3,(H,22,27). The Bertz CT molecular complexity index is 933. The minimum Gasteiger partial charge on any atom is -0.372 e. The molecule has 1 N–H and O–H groups in total. The summed E-state index contributed by atoms with van der Waals surface area (Å²) in [4.78, 5) is 19.2. The van der Waals surface area contributed by atoms with Crippen molar-refractivity contribution in [1.29, 1.82) is 0 Å². The molecule has 0 saturated carbocycles. The number of carbonyl (C=O) groups is 1. The van der Waals surface area contributed by atoms with Gasteiger partial charge in [0.05, 0.1) is 23.5 Å². The Morgan fingerprint density at radius 1 is 1.18 bits per heavy atom.